The van der Waals surface area contributed by atoms with E-state index in [1.165, 1.54) is 0 Å². The molecule has 0 heterocycles. The number of allylic oxidation sites excluding steroid dienone is 1. The monoisotopic (exact) mass is 214 g/mol. The van der Waals surface area contributed by atoms with Gasteiger partial charge in [0, 0.05) is 5.82 Å². The van der Waals surface area contributed by atoms with Crippen molar-refractivity contribution in [2.24, 2.45) is 0 Å². The summed E-state index contributed by atoms with van der Waals surface area (Å²) in [4.78, 5) is 15.7. The van der Waals surface area contributed by atoms with Crippen LogP contribution >= 0.6 is 7.60 Å². The zero-order valence-electron chi connectivity index (χ0n) is 5.78. The first kappa shape index (κ1) is 11.5. The number of hydrogen-bond acceptors (Lipinski definition) is 3. The van der Waals surface area contributed by atoms with Crippen LogP contribution in [0.4, 0.5) is 0 Å². The van der Waals surface area contributed by atoms with Crippen LogP contribution < -0.4 is 0 Å². The van der Waals surface area contributed by atoms with Crippen LogP contribution in [0.5, 0.6) is 0 Å². The van der Waals surface area contributed by atoms with E-state index in [0.717, 1.165) is 0 Å². The van der Waals surface area contributed by atoms with E-state index in [2.05, 4.69) is 6.58 Å². The van der Waals surface area contributed by atoms with Gasteiger partial charge in [-0.25, -0.2) is 0 Å². The Balaban J connectivity index is 4.64. The van der Waals surface area contributed by atoms with Crippen LogP contribution in [0, 0.1) is 0 Å². The Morgan fingerprint density at radius 3 is 2.08 bits per heavy atom. The summed E-state index contributed by atoms with van der Waals surface area (Å²) >= 11 is 0. The van der Waals surface area contributed by atoms with Crippen LogP contribution in [0.1, 0.15) is 0 Å². The molecule has 0 atom stereocenters. The predicted molar refractivity (Wildman–Crippen MR) is 41.9 cm³/mol. The third-order valence-electron chi connectivity index (χ3n) is 0.786. The van der Waals surface area contributed by atoms with Crippen LogP contribution in [-0.4, -0.2) is 22.8 Å². The molecular weight excluding hydrogens is 207 g/mol. The molecular formula is C4H7O6PS. The van der Waals surface area contributed by atoms with Gasteiger partial charge >= 0.3 is 7.60 Å². The molecule has 6 nitrogen and oxygen atoms in total. The summed E-state index contributed by atoms with van der Waals surface area (Å²) < 4.78 is 38.8. The van der Waals surface area contributed by atoms with Crippen molar-refractivity contribution in [3.8, 4) is 0 Å². The van der Waals surface area contributed by atoms with Crippen LogP contribution in [0.3, 0.4) is 0 Å². The minimum Gasteiger partial charge on any atom is -0.321 e. The second-order valence-corrected chi connectivity index (χ2v) is 4.80. The van der Waals surface area contributed by atoms with Crippen molar-refractivity contribution >= 4 is 17.7 Å². The van der Waals surface area contributed by atoms with E-state index in [4.69, 9.17) is 14.3 Å². The van der Waals surface area contributed by atoms with Gasteiger partial charge in [0.05, 0.1) is 4.91 Å². The molecule has 12 heavy (non-hydrogen) atoms. The van der Waals surface area contributed by atoms with Gasteiger partial charge in [0.1, 0.15) is 0 Å². The van der Waals surface area contributed by atoms with Crippen molar-refractivity contribution < 1.29 is 27.3 Å². The highest BCUT2D eigenvalue weighted by atomic mass is 32.2. The molecule has 0 bridgehead atoms. The molecule has 0 saturated heterocycles. The largest absolute Gasteiger partial charge is 0.349 e. The molecule has 0 aliphatic rings. The molecule has 0 amide bonds. The van der Waals surface area contributed by atoms with E-state index < -0.39 is 22.6 Å². The van der Waals surface area contributed by atoms with Crippen LogP contribution in [-0.2, 0) is 14.7 Å². The van der Waals surface area contributed by atoms with Crippen molar-refractivity contribution in [1.82, 2.24) is 0 Å². The Labute approximate surface area is 69.1 Å². The molecule has 0 spiro atoms. The average molecular weight is 214 g/mol. The Kier molecular flexibility index (Phi) is 3.37. The lowest BCUT2D eigenvalue weighted by Crippen LogP contribution is -1.97. The van der Waals surface area contributed by atoms with Gasteiger partial charge < -0.3 is 9.79 Å². The first-order valence-corrected chi connectivity index (χ1v) is 5.66. The fourth-order valence-electron chi connectivity index (χ4n) is 0.266. The Morgan fingerprint density at radius 1 is 1.42 bits per heavy atom. The van der Waals surface area contributed by atoms with Gasteiger partial charge in [-0.05, 0) is 6.08 Å². The number of rotatable bonds is 3. The Morgan fingerprint density at radius 2 is 1.83 bits per heavy atom. The van der Waals surface area contributed by atoms with E-state index in [0.29, 0.717) is 11.9 Å². The molecule has 0 saturated carbocycles. The minimum absolute atomic E-state index is 0.336. The Hall–Kier alpha value is -0.460. The highest BCUT2D eigenvalue weighted by Crippen LogP contribution is 2.36. The third kappa shape index (κ3) is 5.22. The van der Waals surface area contributed by atoms with Crippen molar-refractivity contribution in [2.45, 2.75) is 0 Å². The molecule has 0 aliphatic carbocycles. The topological polar surface area (TPSA) is 112 Å². The fourth-order valence-corrected chi connectivity index (χ4v) is 0.981. The second-order valence-electron chi connectivity index (χ2n) is 1.85. The van der Waals surface area contributed by atoms with Gasteiger partial charge in [-0.15, -0.1) is 0 Å². The fraction of sp³-hybridized carbons (Fsp3) is 0. The van der Waals surface area contributed by atoms with Gasteiger partial charge in [0.15, 0.2) is 0 Å². The van der Waals surface area contributed by atoms with Gasteiger partial charge in [0.2, 0.25) is 0 Å². The van der Waals surface area contributed by atoms with Crippen molar-refractivity contribution in [2.75, 3.05) is 0 Å². The summed E-state index contributed by atoms with van der Waals surface area (Å²) in [5.41, 5.74) is 0. The summed E-state index contributed by atoms with van der Waals surface area (Å²) in [7, 11) is -8.86. The highest BCUT2D eigenvalue weighted by Gasteiger charge is 2.10. The molecule has 0 aromatic rings. The normalized spacial score (nSPS) is 13.6. The molecule has 0 unspecified atom stereocenters. The van der Waals surface area contributed by atoms with E-state index in [1.807, 2.05) is 0 Å². The van der Waals surface area contributed by atoms with E-state index in [9.17, 15) is 13.0 Å². The van der Waals surface area contributed by atoms with E-state index in [1.54, 1.807) is 0 Å². The van der Waals surface area contributed by atoms with Crippen LogP contribution in [0.15, 0.2) is 23.4 Å². The van der Waals surface area contributed by atoms with E-state index >= 15 is 0 Å². The molecule has 0 aromatic heterocycles. The summed E-state index contributed by atoms with van der Waals surface area (Å²) in [5.74, 6) is 0.336. The molecule has 0 aliphatic heterocycles. The molecule has 0 rings (SSSR count). The van der Waals surface area contributed by atoms with Crippen molar-refractivity contribution in [3.05, 3.63) is 23.4 Å². The van der Waals surface area contributed by atoms with Gasteiger partial charge in [-0.3, -0.25) is 9.12 Å². The molecule has 70 valence electrons. The lowest BCUT2D eigenvalue weighted by atomic mass is 10.6. The summed E-state index contributed by atoms with van der Waals surface area (Å²) in [6.07, 6.45) is 0.538. The third-order valence-corrected chi connectivity index (χ3v) is 2.12. The highest BCUT2D eigenvalue weighted by molar-refractivity contribution is 7.90. The van der Waals surface area contributed by atoms with Crippen LogP contribution in [0.25, 0.3) is 0 Å². The maximum atomic E-state index is 10.2. The zero-order chi connectivity index (χ0) is 9.99. The predicted octanol–water partition coefficient (Wildman–Crippen LogP) is 0.0793. The van der Waals surface area contributed by atoms with Crippen LogP contribution in [0.2, 0.25) is 0 Å². The van der Waals surface area contributed by atoms with E-state index in [-0.39, 0.29) is 0 Å². The van der Waals surface area contributed by atoms with Gasteiger partial charge in [-0.1, -0.05) is 6.58 Å². The van der Waals surface area contributed by atoms with Crippen molar-refractivity contribution in [3.63, 3.8) is 0 Å². The summed E-state index contributed by atoms with van der Waals surface area (Å²) in [6, 6.07) is 0. The molecule has 0 radical (unpaired) electrons. The summed E-state index contributed by atoms with van der Waals surface area (Å²) in [5, 5.41) is 0. The lowest BCUT2D eigenvalue weighted by Gasteiger charge is -1.95. The smallest absolute Gasteiger partial charge is 0.321 e. The first-order chi connectivity index (χ1) is 5.13. The SMILES string of the molecule is C=C(C=CP(=O)(O)O)S(=O)(=O)O. The molecule has 3 N–H and O–H groups in total. The molecule has 8 heteroatoms. The first-order valence-electron chi connectivity index (χ1n) is 2.54. The number of hydrogen-bond donors (Lipinski definition) is 3. The van der Waals surface area contributed by atoms with Gasteiger partial charge in [0.25, 0.3) is 10.1 Å². The molecule has 0 aromatic carbocycles. The molecule has 0 fully saturated rings. The average Bonchev–Trinajstić information content (AvgIpc) is 1.78. The minimum atomic E-state index is -4.45. The van der Waals surface area contributed by atoms with Gasteiger partial charge in [-0.2, -0.15) is 8.42 Å². The maximum Gasteiger partial charge on any atom is 0.349 e. The Bertz CT molecular complexity index is 346. The lowest BCUT2D eigenvalue weighted by molar-refractivity contribution is 0.386. The standard InChI is InChI=1S/C4H7O6PS/c1-4(12(8,9)10)2-3-11(5,6)7/h2-3H,1H2,(H2,5,6,7)(H,8,9,10). The maximum absolute atomic E-state index is 10.2. The quantitative estimate of drug-likeness (QED) is 0.348. The second kappa shape index (κ2) is 3.51. The van der Waals surface area contributed by atoms with Crippen molar-refractivity contribution in [1.29, 1.82) is 0 Å². The summed E-state index contributed by atoms with van der Waals surface area (Å²) in [6.45, 7) is 2.86. The zero-order valence-corrected chi connectivity index (χ0v) is 7.49.